The van der Waals surface area contributed by atoms with E-state index in [0.717, 1.165) is 22.3 Å². The zero-order valence-electron chi connectivity index (χ0n) is 9.51. The Kier molecular flexibility index (Phi) is 2.46. The van der Waals surface area contributed by atoms with E-state index in [1.165, 1.54) is 0 Å². The van der Waals surface area contributed by atoms with E-state index in [0.29, 0.717) is 0 Å². The van der Waals surface area contributed by atoms with Crippen molar-refractivity contribution in [1.29, 1.82) is 0 Å². The van der Waals surface area contributed by atoms with E-state index in [4.69, 9.17) is 8.83 Å². The Morgan fingerprint density at radius 2 is 2.06 bits per heavy atom. The van der Waals surface area contributed by atoms with Crippen LogP contribution in [0.1, 0.15) is 17.4 Å². The van der Waals surface area contributed by atoms with Gasteiger partial charge < -0.3 is 14.2 Å². The standard InChI is InChI=1S/C14H13NO2/c1-15-14(11-6-7-16-9-11)13-8-10-4-2-3-5-12(10)17-13/h2-9,14-15H,1H3. The van der Waals surface area contributed by atoms with Gasteiger partial charge in [-0.3, -0.25) is 0 Å². The summed E-state index contributed by atoms with van der Waals surface area (Å²) in [5.74, 6) is 0.898. The maximum Gasteiger partial charge on any atom is 0.134 e. The number of hydrogen-bond donors (Lipinski definition) is 1. The number of nitrogens with one attached hydrogen (secondary N) is 1. The first-order valence-electron chi connectivity index (χ1n) is 5.56. The van der Waals surface area contributed by atoms with Crippen LogP contribution < -0.4 is 5.32 Å². The minimum Gasteiger partial charge on any atom is -0.472 e. The summed E-state index contributed by atoms with van der Waals surface area (Å²) >= 11 is 0. The molecule has 86 valence electrons. The highest BCUT2D eigenvalue weighted by Gasteiger charge is 2.17. The lowest BCUT2D eigenvalue weighted by Crippen LogP contribution is -2.16. The van der Waals surface area contributed by atoms with Crippen molar-refractivity contribution in [2.75, 3.05) is 7.05 Å². The fourth-order valence-electron chi connectivity index (χ4n) is 2.06. The third-order valence-corrected chi connectivity index (χ3v) is 2.89. The molecule has 1 unspecified atom stereocenters. The second-order valence-electron chi connectivity index (χ2n) is 3.96. The first kappa shape index (κ1) is 10.2. The average Bonchev–Trinajstić information content (AvgIpc) is 2.98. The van der Waals surface area contributed by atoms with Crippen LogP contribution in [0.2, 0.25) is 0 Å². The van der Waals surface area contributed by atoms with Crippen LogP contribution in [0.15, 0.2) is 57.8 Å². The second kappa shape index (κ2) is 4.11. The van der Waals surface area contributed by atoms with Gasteiger partial charge in [0.25, 0.3) is 0 Å². The molecule has 0 aliphatic carbocycles. The molecule has 1 N–H and O–H groups in total. The molecular formula is C14H13NO2. The summed E-state index contributed by atoms with van der Waals surface area (Å²) in [5.41, 5.74) is 1.97. The first-order valence-corrected chi connectivity index (χ1v) is 5.56. The van der Waals surface area contributed by atoms with Crippen molar-refractivity contribution in [1.82, 2.24) is 5.32 Å². The van der Waals surface area contributed by atoms with Gasteiger partial charge in [-0.15, -0.1) is 0 Å². The Labute approximate surface area is 99.0 Å². The molecule has 3 rings (SSSR count). The normalized spacial score (nSPS) is 13.0. The molecule has 0 saturated heterocycles. The third kappa shape index (κ3) is 1.74. The molecule has 0 aliphatic rings. The van der Waals surface area contributed by atoms with E-state index in [2.05, 4.69) is 11.4 Å². The molecule has 1 aromatic carbocycles. The third-order valence-electron chi connectivity index (χ3n) is 2.89. The van der Waals surface area contributed by atoms with Gasteiger partial charge in [0.15, 0.2) is 0 Å². The lowest BCUT2D eigenvalue weighted by atomic mass is 10.1. The summed E-state index contributed by atoms with van der Waals surface area (Å²) in [6, 6.07) is 12.0. The van der Waals surface area contributed by atoms with Crippen LogP contribution >= 0.6 is 0 Å². The molecule has 0 saturated carbocycles. The monoisotopic (exact) mass is 227 g/mol. The minimum absolute atomic E-state index is 0.0288. The first-order chi connectivity index (χ1) is 8.38. The van der Waals surface area contributed by atoms with Crippen LogP contribution in [0.3, 0.4) is 0 Å². The van der Waals surface area contributed by atoms with E-state index >= 15 is 0 Å². The van der Waals surface area contributed by atoms with E-state index in [1.54, 1.807) is 12.5 Å². The topological polar surface area (TPSA) is 38.3 Å². The average molecular weight is 227 g/mol. The van der Waals surface area contributed by atoms with Crippen LogP contribution in [-0.2, 0) is 0 Å². The Hall–Kier alpha value is -2.00. The molecule has 3 heteroatoms. The predicted octanol–water partition coefficient (Wildman–Crippen LogP) is 3.33. The number of rotatable bonds is 3. The van der Waals surface area contributed by atoms with Crippen molar-refractivity contribution in [2.24, 2.45) is 0 Å². The van der Waals surface area contributed by atoms with Gasteiger partial charge >= 0.3 is 0 Å². The molecule has 0 fully saturated rings. The number of benzene rings is 1. The number of fused-ring (bicyclic) bond motifs is 1. The second-order valence-corrected chi connectivity index (χ2v) is 3.96. The van der Waals surface area contributed by atoms with Gasteiger partial charge in [-0.05, 0) is 25.2 Å². The van der Waals surface area contributed by atoms with E-state index in [1.807, 2.05) is 37.4 Å². The van der Waals surface area contributed by atoms with Crippen LogP contribution in [0.25, 0.3) is 11.0 Å². The summed E-state index contributed by atoms with van der Waals surface area (Å²) in [5, 5.41) is 4.34. The zero-order chi connectivity index (χ0) is 11.7. The smallest absolute Gasteiger partial charge is 0.134 e. The number of hydrogen-bond acceptors (Lipinski definition) is 3. The highest BCUT2D eigenvalue weighted by Crippen LogP contribution is 2.28. The predicted molar refractivity (Wildman–Crippen MR) is 65.8 cm³/mol. The van der Waals surface area contributed by atoms with E-state index < -0.39 is 0 Å². The van der Waals surface area contributed by atoms with E-state index in [9.17, 15) is 0 Å². The molecule has 17 heavy (non-hydrogen) atoms. The maximum absolute atomic E-state index is 5.84. The van der Waals surface area contributed by atoms with Gasteiger partial charge in [0, 0.05) is 10.9 Å². The van der Waals surface area contributed by atoms with Crippen molar-refractivity contribution in [3.63, 3.8) is 0 Å². The van der Waals surface area contributed by atoms with Gasteiger partial charge in [0.05, 0.1) is 18.6 Å². The van der Waals surface area contributed by atoms with Crippen LogP contribution in [0.5, 0.6) is 0 Å². The van der Waals surface area contributed by atoms with Crippen molar-refractivity contribution < 1.29 is 8.83 Å². The SMILES string of the molecule is CNC(c1ccoc1)c1cc2ccccc2o1. The number of para-hydroxylation sites is 1. The van der Waals surface area contributed by atoms with Crippen LogP contribution in [0, 0.1) is 0 Å². The molecular weight excluding hydrogens is 214 g/mol. The maximum atomic E-state index is 5.84. The quantitative estimate of drug-likeness (QED) is 0.745. The molecule has 0 radical (unpaired) electrons. The van der Waals surface area contributed by atoms with E-state index in [-0.39, 0.29) is 6.04 Å². The van der Waals surface area contributed by atoms with Gasteiger partial charge in [-0.1, -0.05) is 18.2 Å². The van der Waals surface area contributed by atoms with Crippen molar-refractivity contribution in [3.05, 3.63) is 60.2 Å². The van der Waals surface area contributed by atoms with Gasteiger partial charge in [-0.2, -0.15) is 0 Å². The Balaban J connectivity index is 2.07. The van der Waals surface area contributed by atoms with Crippen LogP contribution in [-0.4, -0.2) is 7.05 Å². The molecule has 1 atom stereocenters. The van der Waals surface area contributed by atoms with Gasteiger partial charge in [0.1, 0.15) is 11.3 Å². The fraction of sp³-hybridized carbons (Fsp3) is 0.143. The zero-order valence-corrected chi connectivity index (χ0v) is 9.51. The Morgan fingerprint density at radius 3 is 2.76 bits per heavy atom. The highest BCUT2D eigenvalue weighted by atomic mass is 16.3. The summed E-state index contributed by atoms with van der Waals surface area (Å²) in [6.07, 6.45) is 3.40. The van der Waals surface area contributed by atoms with Crippen molar-refractivity contribution in [2.45, 2.75) is 6.04 Å². The van der Waals surface area contributed by atoms with Gasteiger partial charge in [0.2, 0.25) is 0 Å². The molecule has 2 heterocycles. The molecule has 2 aromatic heterocycles. The molecule has 0 amide bonds. The summed E-state index contributed by atoms with van der Waals surface area (Å²) in [6.45, 7) is 0. The molecule has 3 nitrogen and oxygen atoms in total. The molecule has 0 spiro atoms. The molecule has 0 bridgehead atoms. The lowest BCUT2D eigenvalue weighted by Gasteiger charge is -2.10. The summed E-state index contributed by atoms with van der Waals surface area (Å²) < 4.78 is 11.0. The number of furan rings is 2. The summed E-state index contributed by atoms with van der Waals surface area (Å²) in [4.78, 5) is 0. The van der Waals surface area contributed by atoms with Crippen molar-refractivity contribution >= 4 is 11.0 Å². The molecule has 3 aromatic rings. The Morgan fingerprint density at radius 1 is 1.18 bits per heavy atom. The summed E-state index contributed by atoms with van der Waals surface area (Å²) in [7, 11) is 1.91. The van der Waals surface area contributed by atoms with Crippen molar-refractivity contribution in [3.8, 4) is 0 Å². The largest absolute Gasteiger partial charge is 0.472 e. The lowest BCUT2D eigenvalue weighted by molar-refractivity contribution is 0.485. The van der Waals surface area contributed by atoms with Gasteiger partial charge in [-0.25, -0.2) is 0 Å². The Bertz CT molecular complexity index is 577. The highest BCUT2D eigenvalue weighted by molar-refractivity contribution is 5.77. The molecule has 0 aliphatic heterocycles. The van der Waals surface area contributed by atoms with Crippen LogP contribution in [0.4, 0.5) is 0 Å². The fourth-order valence-corrected chi connectivity index (χ4v) is 2.06. The minimum atomic E-state index is 0.0288.